The molecule has 2 bridgehead atoms. The van der Waals surface area contributed by atoms with E-state index in [1.165, 1.54) is 12.0 Å². The fourth-order valence-corrected chi connectivity index (χ4v) is 7.66. The first-order chi connectivity index (χ1) is 22.7. The van der Waals surface area contributed by atoms with Crippen LogP contribution < -0.4 is 5.32 Å². The summed E-state index contributed by atoms with van der Waals surface area (Å²) < 4.78 is 18.3. The molecule has 2 N–H and O–H groups in total. The lowest BCUT2D eigenvalue weighted by molar-refractivity contribution is -0.163. The van der Waals surface area contributed by atoms with Gasteiger partial charge in [0.1, 0.15) is 17.7 Å². The van der Waals surface area contributed by atoms with Gasteiger partial charge >= 0.3 is 5.97 Å². The first kappa shape index (κ1) is 36.3. The van der Waals surface area contributed by atoms with Crippen molar-refractivity contribution in [3.8, 4) is 0 Å². The molecule has 3 amide bonds. The summed E-state index contributed by atoms with van der Waals surface area (Å²) in [5.41, 5.74) is -0.540. The van der Waals surface area contributed by atoms with Gasteiger partial charge in [0, 0.05) is 39.3 Å². The Balaban J connectivity index is 1.68. The van der Waals surface area contributed by atoms with Crippen LogP contribution in [0.5, 0.6) is 0 Å². The summed E-state index contributed by atoms with van der Waals surface area (Å²) in [6.07, 6.45) is 5.40. The van der Waals surface area contributed by atoms with Gasteiger partial charge in [0.05, 0.1) is 30.6 Å². The molecule has 3 aliphatic heterocycles. The summed E-state index contributed by atoms with van der Waals surface area (Å²) in [5, 5.41) is 12.6. The number of carbonyl (C=O) groups excluding carboxylic acids is 4. The van der Waals surface area contributed by atoms with Gasteiger partial charge in [-0.05, 0) is 44.6 Å². The second kappa shape index (κ2) is 16.5. The van der Waals surface area contributed by atoms with Gasteiger partial charge in [0.15, 0.2) is 0 Å². The lowest BCUT2D eigenvalue weighted by atomic mass is 9.70. The lowest BCUT2D eigenvalue weighted by Gasteiger charge is -2.39. The molecule has 11 heteroatoms. The molecule has 3 heterocycles. The SMILES string of the molecule is C=CCCC(=O)N[C@@H](COC)[C@@H](OC(=O)[C@@H]1[C@H]2C(=O)N(CCCO)[C@H](C(=O)N(CC=C)C(C)CCC)[C@]23CC[C@H]1O3)c1ccccc1. The molecule has 3 saturated heterocycles. The molecule has 1 unspecified atom stereocenters. The number of esters is 1. The molecule has 1 spiro atoms. The number of allylic oxidation sites excluding steroid dienone is 1. The summed E-state index contributed by atoms with van der Waals surface area (Å²) >= 11 is 0. The Bertz CT molecular complexity index is 1270. The highest BCUT2D eigenvalue weighted by Gasteiger charge is 2.75. The first-order valence-corrected chi connectivity index (χ1v) is 16.8. The van der Waals surface area contributed by atoms with Crippen LogP contribution in [0.2, 0.25) is 0 Å². The van der Waals surface area contributed by atoms with Crippen LogP contribution in [0.4, 0.5) is 0 Å². The van der Waals surface area contributed by atoms with Crippen LogP contribution in [0.3, 0.4) is 0 Å². The number of benzene rings is 1. The maximum absolute atomic E-state index is 14.4. The Morgan fingerprint density at radius 2 is 1.98 bits per heavy atom. The Labute approximate surface area is 278 Å². The predicted octanol–water partition coefficient (Wildman–Crippen LogP) is 3.33. The van der Waals surface area contributed by atoms with Crippen LogP contribution in [-0.4, -0.2) is 102 Å². The highest BCUT2D eigenvalue weighted by Crippen LogP contribution is 2.59. The summed E-state index contributed by atoms with van der Waals surface area (Å²) in [5.74, 6) is -3.31. The molecule has 8 atom stereocenters. The van der Waals surface area contributed by atoms with E-state index in [4.69, 9.17) is 14.2 Å². The zero-order chi connectivity index (χ0) is 34.1. The molecule has 1 aromatic rings. The van der Waals surface area contributed by atoms with Crippen LogP contribution in [0.25, 0.3) is 0 Å². The number of fused-ring (bicyclic) bond motifs is 1. The monoisotopic (exact) mass is 653 g/mol. The highest BCUT2D eigenvalue weighted by atomic mass is 16.6. The van der Waals surface area contributed by atoms with Crippen LogP contribution in [-0.2, 0) is 33.4 Å². The normalized spacial score (nSPS) is 26.3. The van der Waals surface area contributed by atoms with Gasteiger partial charge in [0.25, 0.3) is 0 Å². The number of methoxy groups -OCH3 is 1. The average Bonchev–Trinajstić information content (AvgIpc) is 3.71. The highest BCUT2D eigenvalue weighted by molar-refractivity contribution is 5.98. The topological polar surface area (TPSA) is 135 Å². The Hall–Kier alpha value is -3.54. The van der Waals surface area contributed by atoms with E-state index in [0.29, 0.717) is 31.4 Å². The van der Waals surface area contributed by atoms with Gasteiger partial charge in [0.2, 0.25) is 17.7 Å². The number of nitrogens with zero attached hydrogens (tertiary/aromatic N) is 2. The number of hydrogen-bond acceptors (Lipinski definition) is 8. The van der Waals surface area contributed by atoms with Gasteiger partial charge in [-0.2, -0.15) is 0 Å². The Morgan fingerprint density at radius 1 is 1.23 bits per heavy atom. The molecule has 4 rings (SSSR count). The molecular weight excluding hydrogens is 602 g/mol. The minimum absolute atomic E-state index is 0.0736. The maximum atomic E-state index is 14.4. The van der Waals surface area contributed by atoms with Crippen molar-refractivity contribution in [1.82, 2.24) is 15.1 Å². The molecule has 1 aromatic carbocycles. The number of carbonyl (C=O) groups is 4. The van der Waals surface area contributed by atoms with Gasteiger partial charge < -0.3 is 34.4 Å². The van der Waals surface area contributed by atoms with Gasteiger partial charge in [-0.3, -0.25) is 19.2 Å². The van der Waals surface area contributed by atoms with Crippen molar-refractivity contribution >= 4 is 23.7 Å². The van der Waals surface area contributed by atoms with E-state index in [9.17, 15) is 24.3 Å². The molecule has 11 nitrogen and oxygen atoms in total. The number of ether oxygens (including phenoxy) is 3. The standard InChI is InChI=1S/C36H51N3O8/c1-6-9-17-28(41)37-26(23-45-5)31(25-15-11-10-12-16-25)46-35(44)29-27-18-19-36(47-27)30(29)33(42)39(21-13-22-40)32(36)34(43)38(20-8-3)24(4)14-7-2/h6,8,10-12,15-16,24,26-27,29-32,40H,1,3,7,9,13-14,17-23H2,2,4-5H3,(H,37,41)/t24?,26-,27+,29-,30-,31-,32+,36-/m0/s1. The fraction of sp³-hybridized carbons (Fsp3) is 0.611. The lowest BCUT2D eigenvalue weighted by Crippen LogP contribution is -2.58. The predicted molar refractivity (Wildman–Crippen MR) is 176 cm³/mol. The van der Waals surface area contributed by atoms with Crippen LogP contribution in [0.1, 0.15) is 70.5 Å². The second-order valence-corrected chi connectivity index (χ2v) is 12.8. The smallest absolute Gasteiger partial charge is 0.313 e. The van der Waals surface area contributed by atoms with E-state index in [1.807, 2.05) is 37.3 Å². The summed E-state index contributed by atoms with van der Waals surface area (Å²) in [6, 6.07) is 7.36. The minimum atomic E-state index is -1.20. The van der Waals surface area contributed by atoms with Crippen molar-refractivity contribution in [2.75, 3.05) is 33.4 Å². The van der Waals surface area contributed by atoms with E-state index < -0.39 is 47.7 Å². The number of aliphatic hydroxyl groups is 1. The van der Waals surface area contributed by atoms with E-state index in [1.54, 1.807) is 17.1 Å². The maximum Gasteiger partial charge on any atom is 0.313 e. The van der Waals surface area contributed by atoms with Crippen molar-refractivity contribution in [1.29, 1.82) is 0 Å². The molecule has 0 saturated carbocycles. The van der Waals surface area contributed by atoms with E-state index in [2.05, 4.69) is 25.4 Å². The van der Waals surface area contributed by atoms with E-state index >= 15 is 0 Å². The van der Waals surface area contributed by atoms with Crippen molar-refractivity contribution < 1.29 is 38.5 Å². The zero-order valence-corrected chi connectivity index (χ0v) is 28.0. The average molecular weight is 654 g/mol. The number of rotatable bonds is 19. The minimum Gasteiger partial charge on any atom is -0.455 e. The van der Waals surface area contributed by atoms with Crippen LogP contribution >= 0.6 is 0 Å². The molecule has 3 fully saturated rings. The summed E-state index contributed by atoms with van der Waals surface area (Å²) in [4.78, 5) is 59.1. The summed E-state index contributed by atoms with van der Waals surface area (Å²) in [6.45, 7) is 12.0. The largest absolute Gasteiger partial charge is 0.455 e. The fourth-order valence-electron chi connectivity index (χ4n) is 7.66. The molecule has 0 aliphatic carbocycles. The third-order valence-corrected chi connectivity index (χ3v) is 9.72. The Morgan fingerprint density at radius 3 is 2.62 bits per heavy atom. The molecule has 258 valence electrons. The third-order valence-electron chi connectivity index (χ3n) is 9.72. The van der Waals surface area contributed by atoms with Crippen LogP contribution in [0.15, 0.2) is 55.6 Å². The van der Waals surface area contributed by atoms with Gasteiger partial charge in [-0.15, -0.1) is 13.2 Å². The van der Waals surface area contributed by atoms with Crippen molar-refractivity contribution in [2.24, 2.45) is 11.8 Å². The van der Waals surface area contributed by atoms with Crippen molar-refractivity contribution in [3.63, 3.8) is 0 Å². The molecule has 3 aliphatic rings. The number of hydrogen-bond donors (Lipinski definition) is 2. The third kappa shape index (κ3) is 7.47. The molecular formula is C36H51N3O8. The van der Waals surface area contributed by atoms with E-state index in [0.717, 1.165) is 12.8 Å². The number of amides is 3. The molecule has 47 heavy (non-hydrogen) atoms. The molecule has 0 aromatic heterocycles. The number of likely N-dealkylation sites (tertiary alicyclic amines) is 1. The van der Waals surface area contributed by atoms with Crippen LogP contribution in [0, 0.1) is 11.8 Å². The zero-order valence-electron chi connectivity index (χ0n) is 28.0. The van der Waals surface area contributed by atoms with Crippen molar-refractivity contribution in [2.45, 2.75) is 94.7 Å². The van der Waals surface area contributed by atoms with Gasteiger partial charge in [-0.25, -0.2) is 0 Å². The first-order valence-electron chi connectivity index (χ1n) is 16.8. The second-order valence-electron chi connectivity index (χ2n) is 12.8. The summed E-state index contributed by atoms with van der Waals surface area (Å²) in [7, 11) is 1.51. The molecule has 0 radical (unpaired) electrons. The quantitative estimate of drug-likeness (QED) is 0.172. The van der Waals surface area contributed by atoms with E-state index in [-0.39, 0.29) is 56.4 Å². The van der Waals surface area contributed by atoms with Gasteiger partial charge in [-0.1, -0.05) is 55.8 Å². The number of nitrogens with one attached hydrogen (secondary N) is 1. The van der Waals surface area contributed by atoms with Crippen molar-refractivity contribution in [3.05, 3.63) is 61.2 Å². The Kier molecular flexibility index (Phi) is 12.8. The number of aliphatic hydroxyl groups excluding tert-OH is 1.